The largest absolute Gasteiger partial charge is 0.455 e. The molecule has 2 N–H and O–H groups in total. The molecule has 1 heterocycles. The second-order valence-corrected chi connectivity index (χ2v) is 4.68. The number of rotatable bonds is 3. The van der Waals surface area contributed by atoms with Gasteiger partial charge in [-0.3, -0.25) is 0 Å². The molecule has 94 valence electrons. The van der Waals surface area contributed by atoms with Crippen LogP contribution in [0.2, 0.25) is 0 Å². The lowest BCUT2D eigenvalue weighted by Gasteiger charge is -2.07. The topological polar surface area (TPSA) is 65.2 Å². The van der Waals surface area contributed by atoms with E-state index < -0.39 is 11.8 Å². The van der Waals surface area contributed by atoms with Gasteiger partial charge in [-0.2, -0.15) is 0 Å². The van der Waals surface area contributed by atoms with E-state index in [9.17, 15) is 9.18 Å². The first-order valence-electron chi connectivity index (χ1n) is 5.19. The first-order valence-corrected chi connectivity index (χ1v) is 6.07. The van der Waals surface area contributed by atoms with Gasteiger partial charge in [0.25, 0.3) is 0 Å². The molecular formula is C12H11FN2O2S. The summed E-state index contributed by atoms with van der Waals surface area (Å²) in [6.07, 6.45) is 1.61. The monoisotopic (exact) mass is 266 g/mol. The molecule has 4 nitrogen and oxygen atoms in total. The Hall–Kier alpha value is -1.95. The van der Waals surface area contributed by atoms with Gasteiger partial charge in [0.15, 0.2) is 0 Å². The predicted molar refractivity (Wildman–Crippen MR) is 66.8 cm³/mol. The Bertz CT molecular complexity index is 570. The van der Waals surface area contributed by atoms with Crippen LogP contribution in [-0.2, 0) is 11.3 Å². The fourth-order valence-electron chi connectivity index (χ4n) is 1.48. The molecule has 18 heavy (non-hydrogen) atoms. The van der Waals surface area contributed by atoms with Crippen LogP contribution in [0.4, 0.5) is 10.1 Å². The van der Waals surface area contributed by atoms with Crippen molar-refractivity contribution in [3.63, 3.8) is 0 Å². The molecule has 0 aliphatic heterocycles. The minimum Gasteiger partial charge on any atom is -0.455 e. The van der Waals surface area contributed by atoms with E-state index in [4.69, 9.17) is 10.5 Å². The number of aryl methyl sites for hydroxylation is 1. The molecule has 0 atom stereocenters. The standard InChI is InChI=1S/C12H11FN2O2S/c1-7-4-8(14)5-9(11(7)13)12(16)17-6-10-15-2-3-18-10/h2-5H,6,14H2,1H3. The van der Waals surface area contributed by atoms with E-state index in [-0.39, 0.29) is 12.2 Å². The van der Waals surface area contributed by atoms with Crippen molar-refractivity contribution in [1.29, 1.82) is 0 Å². The highest BCUT2D eigenvalue weighted by molar-refractivity contribution is 7.09. The third kappa shape index (κ3) is 2.65. The Morgan fingerprint density at radius 2 is 2.33 bits per heavy atom. The van der Waals surface area contributed by atoms with Crippen molar-refractivity contribution in [3.05, 3.63) is 45.7 Å². The van der Waals surface area contributed by atoms with Gasteiger partial charge in [-0.25, -0.2) is 14.2 Å². The number of anilines is 1. The highest BCUT2D eigenvalue weighted by atomic mass is 32.1. The zero-order valence-corrected chi connectivity index (χ0v) is 10.5. The second kappa shape index (κ2) is 5.14. The zero-order valence-electron chi connectivity index (χ0n) is 9.64. The van der Waals surface area contributed by atoms with Crippen LogP contribution in [-0.4, -0.2) is 11.0 Å². The van der Waals surface area contributed by atoms with Gasteiger partial charge in [0.2, 0.25) is 0 Å². The quantitative estimate of drug-likeness (QED) is 0.685. The van der Waals surface area contributed by atoms with Crippen LogP contribution in [0.5, 0.6) is 0 Å². The summed E-state index contributed by atoms with van der Waals surface area (Å²) in [5, 5.41) is 2.43. The number of nitrogens with zero attached hydrogens (tertiary/aromatic N) is 1. The van der Waals surface area contributed by atoms with E-state index in [1.165, 1.54) is 23.5 Å². The van der Waals surface area contributed by atoms with Gasteiger partial charge in [0.1, 0.15) is 17.4 Å². The summed E-state index contributed by atoms with van der Waals surface area (Å²) in [6, 6.07) is 2.74. The molecule has 0 radical (unpaired) electrons. The molecule has 2 rings (SSSR count). The molecule has 0 saturated heterocycles. The lowest BCUT2D eigenvalue weighted by molar-refractivity contribution is 0.0467. The summed E-state index contributed by atoms with van der Waals surface area (Å²) >= 11 is 1.36. The Morgan fingerprint density at radius 1 is 1.56 bits per heavy atom. The van der Waals surface area contributed by atoms with Crippen LogP contribution in [0.1, 0.15) is 20.9 Å². The van der Waals surface area contributed by atoms with Gasteiger partial charge in [-0.05, 0) is 24.6 Å². The lowest BCUT2D eigenvalue weighted by Crippen LogP contribution is -2.09. The smallest absolute Gasteiger partial charge is 0.341 e. The number of carbonyl (C=O) groups is 1. The van der Waals surface area contributed by atoms with Gasteiger partial charge < -0.3 is 10.5 Å². The van der Waals surface area contributed by atoms with Crippen molar-refractivity contribution < 1.29 is 13.9 Å². The van der Waals surface area contributed by atoms with Crippen LogP contribution in [0, 0.1) is 12.7 Å². The van der Waals surface area contributed by atoms with Crippen molar-refractivity contribution in [3.8, 4) is 0 Å². The highest BCUT2D eigenvalue weighted by Crippen LogP contribution is 2.18. The number of ether oxygens (including phenoxy) is 1. The number of hydrogen-bond donors (Lipinski definition) is 1. The van der Waals surface area contributed by atoms with Gasteiger partial charge in [-0.1, -0.05) is 0 Å². The number of thiazole rings is 1. The zero-order chi connectivity index (χ0) is 13.1. The van der Waals surface area contributed by atoms with Crippen LogP contribution >= 0.6 is 11.3 Å². The Kier molecular flexibility index (Phi) is 3.57. The van der Waals surface area contributed by atoms with Crippen molar-refractivity contribution in [2.75, 3.05) is 5.73 Å². The van der Waals surface area contributed by atoms with E-state index in [1.54, 1.807) is 18.5 Å². The minimum atomic E-state index is -0.738. The normalized spacial score (nSPS) is 10.3. The van der Waals surface area contributed by atoms with Gasteiger partial charge >= 0.3 is 5.97 Å². The third-order valence-corrected chi connectivity index (χ3v) is 3.06. The lowest BCUT2D eigenvalue weighted by atomic mass is 10.1. The number of carbonyl (C=O) groups excluding carboxylic acids is 1. The Morgan fingerprint density at radius 3 is 3.00 bits per heavy atom. The maximum Gasteiger partial charge on any atom is 0.341 e. The predicted octanol–water partition coefficient (Wildman–Crippen LogP) is 2.53. The molecule has 6 heteroatoms. The Balaban J connectivity index is 2.14. The molecule has 0 aliphatic rings. The van der Waals surface area contributed by atoms with Crippen molar-refractivity contribution >= 4 is 23.0 Å². The fraction of sp³-hybridized carbons (Fsp3) is 0.167. The van der Waals surface area contributed by atoms with Gasteiger partial charge in [0.05, 0.1) is 5.56 Å². The molecule has 0 saturated carbocycles. The van der Waals surface area contributed by atoms with Crippen LogP contribution in [0.25, 0.3) is 0 Å². The Labute approximate surface area is 107 Å². The van der Waals surface area contributed by atoms with Crippen molar-refractivity contribution in [2.24, 2.45) is 0 Å². The van der Waals surface area contributed by atoms with Crippen LogP contribution < -0.4 is 5.73 Å². The number of nitrogen functional groups attached to an aromatic ring is 1. The van der Waals surface area contributed by atoms with Gasteiger partial charge in [-0.15, -0.1) is 11.3 Å². The number of benzene rings is 1. The fourth-order valence-corrected chi connectivity index (χ4v) is 2.00. The number of halogens is 1. The van der Waals surface area contributed by atoms with E-state index in [0.717, 1.165) is 0 Å². The third-order valence-electron chi connectivity index (χ3n) is 2.31. The summed E-state index contributed by atoms with van der Waals surface area (Å²) in [4.78, 5) is 15.7. The average Bonchev–Trinajstić information content (AvgIpc) is 2.83. The van der Waals surface area contributed by atoms with E-state index >= 15 is 0 Å². The molecule has 0 fully saturated rings. The van der Waals surface area contributed by atoms with Crippen LogP contribution in [0.15, 0.2) is 23.7 Å². The summed E-state index contributed by atoms with van der Waals surface area (Å²) < 4.78 is 18.7. The maximum absolute atomic E-state index is 13.7. The number of nitrogens with two attached hydrogens (primary N) is 1. The molecule has 0 amide bonds. The van der Waals surface area contributed by atoms with E-state index in [1.807, 2.05) is 0 Å². The molecule has 2 aromatic rings. The minimum absolute atomic E-state index is 0.0315. The molecule has 1 aromatic heterocycles. The second-order valence-electron chi connectivity index (χ2n) is 3.70. The first kappa shape index (κ1) is 12.5. The molecule has 0 unspecified atom stereocenters. The SMILES string of the molecule is Cc1cc(N)cc(C(=O)OCc2nccs2)c1F. The molecule has 0 spiro atoms. The molecular weight excluding hydrogens is 255 g/mol. The number of esters is 1. The molecule has 0 bridgehead atoms. The summed E-state index contributed by atoms with van der Waals surface area (Å²) in [6.45, 7) is 1.58. The summed E-state index contributed by atoms with van der Waals surface area (Å²) in [5.41, 5.74) is 6.07. The van der Waals surface area contributed by atoms with E-state index in [2.05, 4.69) is 4.98 Å². The van der Waals surface area contributed by atoms with E-state index in [0.29, 0.717) is 16.3 Å². The number of aromatic nitrogens is 1. The summed E-state index contributed by atoms with van der Waals surface area (Å²) in [7, 11) is 0. The van der Waals surface area contributed by atoms with Gasteiger partial charge in [0, 0.05) is 17.3 Å². The average molecular weight is 266 g/mol. The first-order chi connectivity index (χ1) is 8.58. The highest BCUT2D eigenvalue weighted by Gasteiger charge is 2.16. The van der Waals surface area contributed by atoms with Crippen LogP contribution in [0.3, 0.4) is 0 Å². The number of hydrogen-bond acceptors (Lipinski definition) is 5. The van der Waals surface area contributed by atoms with Crippen molar-refractivity contribution in [2.45, 2.75) is 13.5 Å². The maximum atomic E-state index is 13.7. The molecule has 0 aliphatic carbocycles. The summed E-state index contributed by atoms with van der Waals surface area (Å²) in [5.74, 6) is -1.34. The molecule has 1 aromatic carbocycles. The van der Waals surface area contributed by atoms with Crippen molar-refractivity contribution in [1.82, 2.24) is 4.98 Å².